The summed E-state index contributed by atoms with van der Waals surface area (Å²) < 4.78 is 31.6. The van der Waals surface area contributed by atoms with E-state index in [1.165, 1.54) is 0 Å². The summed E-state index contributed by atoms with van der Waals surface area (Å²) in [5.41, 5.74) is 0. The third-order valence-electron chi connectivity index (χ3n) is 4.06. The third-order valence-corrected chi connectivity index (χ3v) is 4.06. The maximum atomic E-state index is 13.1. The number of rotatable bonds is 2. The molecule has 0 bridgehead atoms. The molecule has 6 heteroatoms. The minimum absolute atomic E-state index is 0.0577. The van der Waals surface area contributed by atoms with Crippen LogP contribution in [0.1, 0.15) is 32.6 Å². The number of carbonyl (C=O) groups is 1. The normalized spacial score (nSPS) is 32.3. The molecule has 0 spiro atoms. The van der Waals surface area contributed by atoms with Crippen LogP contribution in [0, 0.1) is 5.92 Å². The van der Waals surface area contributed by atoms with Crippen molar-refractivity contribution in [2.75, 3.05) is 19.8 Å². The van der Waals surface area contributed by atoms with Crippen LogP contribution in [0.2, 0.25) is 0 Å². The Kier molecular flexibility index (Phi) is 4.40. The number of nitrogens with zero attached hydrogens (tertiary/aromatic N) is 1. The molecule has 110 valence electrons. The van der Waals surface area contributed by atoms with Gasteiger partial charge in [0.15, 0.2) is 0 Å². The van der Waals surface area contributed by atoms with Crippen LogP contribution >= 0.6 is 0 Å². The molecule has 2 fully saturated rings. The number of ether oxygens (including phenoxy) is 1. The van der Waals surface area contributed by atoms with E-state index in [1.54, 1.807) is 4.90 Å². The molecule has 2 aliphatic rings. The van der Waals surface area contributed by atoms with Gasteiger partial charge in [-0.25, -0.2) is 8.78 Å². The van der Waals surface area contributed by atoms with Gasteiger partial charge in [0.2, 0.25) is 11.8 Å². The average Bonchev–Trinajstić information content (AvgIpc) is 2.38. The highest BCUT2D eigenvalue weighted by Crippen LogP contribution is 2.37. The second kappa shape index (κ2) is 5.71. The van der Waals surface area contributed by atoms with Crippen LogP contribution in [0.5, 0.6) is 0 Å². The van der Waals surface area contributed by atoms with Gasteiger partial charge in [0, 0.05) is 25.3 Å². The summed E-state index contributed by atoms with van der Waals surface area (Å²) in [6.07, 6.45) is -0.263. The largest absolute Gasteiger partial charge is 0.394 e. The SMILES string of the molecule is CC1COC(CO)CN1C(=O)C1CCC(F)(F)CC1. The Bertz CT molecular complexity index is 328. The van der Waals surface area contributed by atoms with E-state index < -0.39 is 5.92 Å². The monoisotopic (exact) mass is 277 g/mol. The lowest BCUT2D eigenvalue weighted by atomic mass is 9.85. The van der Waals surface area contributed by atoms with Gasteiger partial charge in [-0.3, -0.25) is 4.79 Å². The van der Waals surface area contributed by atoms with E-state index in [2.05, 4.69) is 0 Å². The summed E-state index contributed by atoms with van der Waals surface area (Å²) in [5.74, 6) is -2.98. The topological polar surface area (TPSA) is 49.8 Å². The molecular weight excluding hydrogens is 256 g/mol. The molecule has 2 unspecified atom stereocenters. The first-order valence-corrected chi connectivity index (χ1v) is 6.84. The molecule has 1 aliphatic carbocycles. The van der Waals surface area contributed by atoms with E-state index in [0.29, 0.717) is 13.2 Å². The zero-order chi connectivity index (χ0) is 14.0. The van der Waals surface area contributed by atoms with E-state index in [9.17, 15) is 13.6 Å². The molecule has 4 nitrogen and oxygen atoms in total. The number of hydrogen-bond donors (Lipinski definition) is 1. The number of carbonyl (C=O) groups excluding carboxylic acids is 1. The molecule has 1 saturated carbocycles. The first-order chi connectivity index (χ1) is 8.93. The lowest BCUT2D eigenvalue weighted by Crippen LogP contribution is -2.54. The minimum atomic E-state index is -2.61. The van der Waals surface area contributed by atoms with Crippen molar-refractivity contribution < 1.29 is 23.4 Å². The molecule has 19 heavy (non-hydrogen) atoms. The molecular formula is C13H21F2NO3. The van der Waals surface area contributed by atoms with Gasteiger partial charge in [-0.2, -0.15) is 0 Å². The van der Waals surface area contributed by atoms with Crippen LogP contribution in [0.4, 0.5) is 8.78 Å². The molecule has 1 amide bonds. The molecule has 1 heterocycles. The van der Waals surface area contributed by atoms with E-state index in [0.717, 1.165) is 0 Å². The van der Waals surface area contributed by atoms with E-state index in [1.807, 2.05) is 6.92 Å². The molecule has 2 rings (SSSR count). The van der Waals surface area contributed by atoms with E-state index in [-0.39, 0.29) is 56.3 Å². The summed E-state index contributed by atoms with van der Waals surface area (Å²) in [5, 5.41) is 9.09. The van der Waals surface area contributed by atoms with Crippen molar-refractivity contribution in [1.29, 1.82) is 0 Å². The van der Waals surface area contributed by atoms with E-state index >= 15 is 0 Å². The standard InChI is InChI=1S/C13H21F2NO3/c1-9-8-19-11(7-17)6-16(9)12(18)10-2-4-13(14,15)5-3-10/h9-11,17H,2-8H2,1H3. The highest BCUT2D eigenvalue weighted by atomic mass is 19.3. The zero-order valence-corrected chi connectivity index (χ0v) is 11.1. The lowest BCUT2D eigenvalue weighted by molar-refractivity contribution is -0.154. The highest BCUT2D eigenvalue weighted by Gasteiger charge is 2.40. The predicted octanol–water partition coefficient (Wildman–Crippen LogP) is 1.42. The molecule has 0 aromatic carbocycles. The quantitative estimate of drug-likeness (QED) is 0.830. The number of amides is 1. The zero-order valence-electron chi connectivity index (χ0n) is 11.1. The third kappa shape index (κ3) is 3.42. The summed E-state index contributed by atoms with van der Waals surface area (Å²) in [6, 6.07) is -0.0577. The Hall–Kier alpha value is -0.750. The molecule has 0 aromatic rings. The molecule has 1 aliphatic heterocycles. The minimum Gasteiger partial charge on any atom is -0.394 e. The Morgan fingerprint density at radius 1 is 1.42 bits per heavy atom. The highest BCUT2D eigenvalue weighted by molar-refractivity contribution is 5.79. The van der Waals surface area contributed by atoms with Crippen LogP contribution in [0.3, 0.4) is 0 Å². The maximum absolute atomic E-state index is 13.1. The van der Waals surface area contributed by atoms with Crippen molar-refractivity contribution in [3.8, 4) is 0 Å². The Morgan fingerprint density at radius 2 is 2.05 bits per heavy atom. The van der Waals surface area contributed by atoms with Crippen LogP contribution in [-0.4, -0.2) is 53.7 Å². The van der Waals surface area contributed by atoms with Crippen molar-refractivity contribution >= 4 is 5.91 Å². The van der Waals surface area contributed by atoms with Gasteiger partial charge in [-0.15, -0.1) is 0 Å². The van der Waals surface area contributed by atoms with Gasteiger partial charge >= 0.3 is 0 Å². The van der Waals surface area contributed by atoms with Crippen LogP contribution < -0.4 is 0 Å². The van der Waals surface area contributed by atoms with E-state index in [4.69, 9.17) is 9.84 Å². The number of morpholine rings is 1. The summed E-state index contributed by atoms with van der Waals surface area (Å²) in [4.78, 5) is 14.1. The fraction of sp³-hybridized carbons (Fsp3) is 0.923. The summed E-state index contributed by atoms with van der Waals surface area (Å²) in [6.45, 7) is 2.49. The van der Waals surface area contributed by atoms with Gasteiger partial charge in [-0.1, -0.05) is 0 Å². The molecule has 0 radical (unpaired) electrons. The first-order valence-electron chi connectivity index (χ1n) is 6.84. The Morgan fingerprint density at radius 3 is 2.63 bits per heavy atom. The molecule has 1 N–H and O–H groups in total. The lowest BCUT2D eigenvalue weighted by Gasteiger charge is -2.40. The number of halogens is 2. The Labute approximate surface area is 111 Å². The van der Waals surface area contributed by atoms with Gasteiger partial charge in [0.1, 0.15) is 0 Å². The van der Waals surface area contributed by atoms with Crippen LogP contribution in [0.15, 0.2) is 0 Å². The second-order valence-electron chi connectivity index (χ2n) is 5.61. The molecule has 1 saturated heterocycles. The van der Waals surface area contributed by atoms with Gasteiger partial charge in [0.25, 0.3) is 0 Å². The second-order valence-corrected chi connectivity index (χ2v) is 5.61. The Balaban J connectivity index is 1.95. The van der Waals surface area contributed by atoms with Crippen molar-refractivity contribution in [3.63, 3.8) is 0 Å². The number of alkyl halides is 2. The number of hydrogen-bond acceptors (Lipinski definition) is 3. The van der Waals surface area contributed by atoms with Crippen molar-refractivity contribution in [2.24, 2.45) is 5.92 Å². The van der Waals surface area contributed by atoms with Crippen LogP contribution in [0.25, 0.3) is 0 Å². The van der Waals surface area contributed by atoms with Gasteiger partial charge in [0.05, 0.1) is 25.4 Å². The first kappa shape index (κ1) is 14.7. The maximum Gasteiger partial charge on any atom is 0.248 e. The summed E-state index contributed by atoms with van der Waals surface area (Å²) in [7, 11) is 0. The van der Waals surface area contributed by atoms with Crippen molar-refractivity contribution in [1.82, 2.24) is 4.90 Å². The molecule has 2 atom stereocenters. The van der Waals surface area contributed by atoms with Crippen molar-refractivity contribution in [2.45, 2.75) is 50.7 Å². The van der Waals surface area contributed by atoms with Gasteiger partial charge in [-0.05, 0) is 19.8 Å². The predicted molar refractivity (Wildman–Crippen MR) is 64.9 cm³/mol. The summed E-state index contributed by atoms with van der Waals surface area (Å²) >= 11 is 0. The average molecular weight is 277 g/mol. The van der Waals surface area contributed by atoms with Gasteiger partial charge < -0.3 is 14.7 Å². The fourth-order valence-electron chi connectivity index (χ4n) is 2.76. The molecule has 0 aromatic heterocycles. The van der Waals surface area contributed by atoms with Crippen molar-refractivity contribution in [3.05, 3.63) is 0 Å². The smallest absolute Gasteiger partial charge is 0.248 e. The van der Waals surface area contributed by atoms with Crippen LogP contribution in [-0.2, 0) is 9.53 Å². The number of aliphatic hydroxyl groups excluding tert-OH is 1. The fourth-order valence-corrected chi connectivity index (χ4v) is 2.76. The number of aliphatic hydroxyl groups is 1.